The minimum Gasteiger partial charge on any atom is -0.494 e. The summed E-state index contributed by atoms with van der Waals surface area (Å²) in [5, 5.41) is 3.37. The van der Waals surface area contributed by atoms with Crippen LogP contribution in [0.2, 0.25) is 0 Å². The van der Waals surface area contributed by atoms with E-state index in [4.69, 9.17) is 4.74 Å². The molecule has 0 radical (unpaired) electrons. The molecule has 1 aliphatic heterocycles. The molecule has 1 atom stereocenters. The minimum atomic E-state index is -0.265. The van der Waals surface area contributed by atoms with Crippen molar-refractivity contribution in [3.05, 3.63) is 30.1 Å². The average molecular weight is 320 g/mol. The molecule has 1 aromatic rings. The second-order valence-electron chi connectivity index (χ2n) is 6.78. The Morgan fingerprint density at radius 2 is 2.04 bits per heavy atom. The molecule has 1 aliphatic carbocycles. The van der Waals surface area contributed by atoms with Gasteiger partial charge in [-0.3, -0.25) is 4.79 Å². The number of nitrogens with zero attached hydrogens (tertiary/aromatic N) is 1. The highest BCUT2D eigenvalue weighted by Crippen LogP contribution is 2.59. The van der Waals surface area contributed by atoms with Gasteiger partial charge in [-0.05, 0) is 68.5 Å². The second-order valence-corrected chi connectivity index (χ2v) is 6.78. The standard InChI is InChI=1S/C18H25FN2O2/c1-21(11-2-12-23-15-5-3-14(19)4-6-15)17(22)16-13-18(16)7-9-20-10-8-18/h3-6,16,20H,2,7-13H2,1H3. The topological polar surface area (TPSA) is 41.6 Å². The van der Waals surface area contributed by atoms with E-state index in [0.717, 1.165) is 38.8 Å². The van der Waals surface area contributed by atoms with Gasteiger partial charge >= 0.3 is 0 Å². The molecule has 0 aromatic heterocycles. The molecular formula is C18H25FN2O2. The quantitative estimate of drug-likeness (QED) is 0.819. The zero-order valence-corrected chi connectivity index (χ0v) is 13.7. The molecule has 4 nitrogen and oxygen atoms in total. The van der Waals surface area contributed by atoms with Gasteiger partial charge in [-0.2, -0.15) is 0 Å². The van der Waals surface area contributed by atoms with Gasteiger partial charge in [0.05, 0.1) is 6.61 Å². The van der Waals surface area contributed by atoms with Gasteiger partial charge in [-0.1, -0.05) is 0 Å². The van der Waals surface area contributed by atoms with E-state index in [-0.39, 0.29) is 17.6 Å². The number of hydrogen-bond acceptors (Lipinski definition) is 3. The summed E-state index contributed by atoms with van der Waals surface area (Å²) < 4.78 is 18.4. The molecule has 1 saturated carbocycles. The lowest BCUT2D eigenvalue weighted by Crippen LogP contribution is -2.35. The van der Waals surface area contributed by atoms with Crippen LogP contribution in [0.15, 0.2) is 24.3 Å². The molecule has 0 bridgehead atoms. The van der Waals surface area contributed by atoms with Gasteiger partial charge in [0.1, 0.15) is 11.6 Å². The van der Waals surface area contributed by atoms with Crippen molar-refractivity contribution in [1.82, 2.24) is 10.2 Å². The third kappa shape index (κ3) is 3.83. The molecule has 1 amide bonds. The molecule has 2 fully saturated rings. The molecular weight excluding hydrogens is 295 g/mol. The Labute approximate surface area is 137 Å². The molecule has 1 spiro atoms. The Bertz CT molecular complexity index is 540. The van der Waals surface area contributed by atoms with Crippen molar-refractivity contribution in [1.29, 1.82) is 0 Å². The smallest absolute Gasteiger partial charge is 0.226 e. The predicted octanol–water partition coefficient (Wildman–Crippen LogP) is 2.44. The van der Waals surface area contributed by atoms with Crippen molar-refractivity contribution in [2.45, 2.75) is 25.7 Å². The van der Waals surface area contributed by atoms with Gasteiger partial charge < -0.3 is 15.0 Å². The number of benzene rings is 1. The number of halogens is 1. The SMILES string of the molecule is CN(CCCOc1ccc(F)cc1)C(=O)C1CC12CCNCC2. The first-order valence-corrected chi connectivity index (χ1v) is 8.45. The van der Waals surface area contributed by atoms with E-state index in [1.165, 1.54) is 12.1 Å². The average Bonchev–Trinajstić information content (AvgIpc) is 3.26. The maximum Gasteiger partial charge on any atom is 0.226 e. The second kappa shape index (κ2) is 6.87. The molecule has 1 aromatic carbocycles. The first kappa shape index (κ1) is 16.2. The summed E-state index contributed by atoms with van der Waals surface area (Å²) in [5.41, 5.74) is 0.293. The van der Waals surface area contributed by atoms with Crippen LogP contribution >= 0.6 is 0 Å². The summed E-state index contributed by atoms with van der Waals surface area (Å²) in [6, 6.07) is 6.01. The summed E-state index contributed by atoms with van der Waals surface area (Å²) in [6.45, 7) is 3.31. The number of carbonyl (C=O) groups is 1. The van der Waals surface area contributed by atoms with Gasteiger partial charge in [0.25, 0.3) is 0 Å². The number of hydrogen-bond donors (Lipinski definition) is 1. The predicted molar refractivity (Wildman–Crippen MR) is 86.8 cm³/mol. The Morgan fingerprint density at radius 1 is 1.35 bits per heavy atom. The maximum absolute atomic E-state index is 12.8. The Hall–Kier alpha value is -1.62. The van der Waals surface area contributed by atoms with E-state index < -0.39 is 0 Å². The number of piperidine rings is 1. The molecule has 1 heterocycles. The van der Waals surface area contributed by atoms with Crippen molar-refractivity contribution < 1.29 is 13.9 Å². The van der Waals surface area contributed by atoms with E-state index in [1.807, 2.05) is 11.9 Å². The van der Waals surface area contributed by atoms with E-state index in [2.05, 4.69) is 5.32 Å². The Kier molecular flexibility index (Phi) is 4.85. The normalized spacial score (nSPS) is 21.9. The monoisotopic (exact) mass is 320 g/mol. The fourth-order valence-electron chi connectivity index (χ4n) is 3.57. The lowest BCUT2D eigenvalue weighted by molar-refractivity contribution is -0.132. The maximum atomic E-state index is 12.8. The van der Waals surface area contributed by atoms with E-state index in [9.17, 15) is 9.18 Å². The highest BCUT2D eigenvalue weighted by Gasteiger charge is 2.58. The summed E-state index contributed by atoms with van der Waals surface area (Å²) >= 11 is 0. The number of nitrogens with one attached hydrogen (secondary N) is 1. The fraction of sp³-hybridized carbons (Fsp3) is 0.611. The van der Waals surface area contributed by atoms with Gasteiger partial charge in [0.2, 0.25) is 5.91 Å². The highest BCUT2D eigenvalue weighted by atomic mass is 19.1. The van der Waals surface area contributed by atoms with Gasteiger partial charge in [0, 0.05) is 19.5 Å². The van der Waals surface area contributed by atoms with Crippen molar-refractivity contribution in [3.8, 4) is 5.75 Å². The minimum absolute atomic E-state index is 0.229. The fourth-order valence-corrected chi connectivity index (χ4v) is 3.57. The van der Waals surface area contributed by atoms with Crippen LogP contribution in [0.5, 0.6) is 5.75 Å². The molecule has 1 N–H and O–H groups in total. The van der Waals surface area contributed by atoms with Crippen molar-refractivity contribution >= 4 is 5.91 Å². The van der Waals surface area contributed by atoms with E-state index in [0.29, 0.717) is 24.3 Å². The largest absolute Gasteiger partial charge is 0.494 e. The molecule has 5 heteroatoms. The van der Waals surface area contributed by atoms with Crippen LogP contribution in [0.1, 0.15) is 25.7 Å². The van der Waals surface area contributed by atoms with Crippen LogP contribution in [-0.2, 0) is 4.79 Å². The van der Waals surface area contributed by atoms with Gasteiger partial charge in [0.15, 0.2) is 0 Å². The van der Waals surface area contributed by atoms with Crippen LogP contribution < -0.4 is 10.1 Å². The molecule has 1 saturated heterocycles. The molecule has 23 heavy (non-hydrogen) atoms. The van der Waals surface area contributed by atoms with Crippen molar-refractivity contribution in [2.24, 2.45) is 11.3 Å². The van der Waals surface area contributed by atoms with Gasteiger partial charge in [-0.25, -0.2) is 4.39 Å². The lowest BCUT2D eigenvalue weighted by atomic mass is 9.91. The first-order chi connectivity index (χ1) is 11.1. The van der Waals surface area contributed by atoms with Crippen molar-refractivity contribution in [2.75, 3.05) is 33.3 Å². The highest BCUT2D eigenvalue weighted by molar-refractivity contribution is 5.82. The molecule has 2 aliphatic rings. The number of carbonyl (C=O) groups excluding carboxylic acids is 1. The van der Waals surface area contributed by atoms with Crippen LogP contribution in [0, 0.1) is 17.2 Å². The lowest BCUT2D eigenvalue weighted by Gasteiger charge is -2.25. The van der Waals surface area contributed by atoms with Crippen LogP contribution in [-0.4, -0.2) is 44.1 Å². The Balaban J connectivity index is 1.37. The first-order valence-electron chi connectivity index (χ1n) is 8.45. The summed E-state index contributed by atoms with van der Waals surface area (Å²) in [6.07, 6.45) is 4.10. The van der Waals surface area contributed by atoms with Crippen molar-refractivity contribution in [3.63, 3.8) is 0 Å². The Morgan fingerprint density at radius 3 is 2.74 bits per heavy atom. The van der Waals surface area contributed by atoms with Crippen LogP contribution in [0.25, 0.3) is 0 Å². The summed E-state index contributed by atoms with van der Waals surface area (Å²) in [7, 11) is 1.88. The molecule has 1 unspecified atom stereocenters. The van der Waals surface area contributed by atoms with E-state index >= 15 is 0 Å². The summed E-state index contributed by atoms with van der Waals surface area (Å²) in [5.74, 6) is 0.913. The summed E-state index contributed by atoms with van der Waals surface area (Å²) in [4.78, 5) is 14.3. The molecule has 3 rings (SSSR count). The zero-order chi connectivity index (χ0) is 16.3. The third-order valence-corrected chi connectivity index (χ3v) is 5.18. The van der Waals surface area contributed by atoms with Crippen LogP contribution in [0.3, 0.4) is 0 Å². The third-order valence-electron chi connectivity index (χ3n) is 5.18. The molecule has 126 valence electrons. The number of amides is 1. The zero-order valence-electron chi connectivity index (χ0n) is 13.7. The van der Waals surface area contributed by atoms with Crippen LogP contribution in [0.4, 0.5) is 4.39 Å². The number of ether oxygens (including phenoxy) is 1. The van der Waals surface area contributed by atoms with E-state index in [1.54, 1.807) is 12.1 Å². The van der Waals surface area contributed by atoms with Gasteiger partial charge in [-0.15, -0.1) is 0 Å². The number of rotatable bonds is 6.